The molecule has 0 aliphatic rings. The number of rotatable bonds is 5. The smallest absolute Gasteiger partial charge is 0.258 e. The molecule has 2 rings (SSSR count). The van der Waals surface area contributed by atoms with Crippen LogP contribution in [-0.4, -0.2) is 27.6 Å². The van der Waals surface area contributed by atoms with Gasteiger partial charge < -0.3 is 14.6 Å². The highest BCUT2D eigenvalue weighted by atomic mass is 16.5. The molecule has 18 heavy (non-hydrogen) atoms. The Bertz CT molecular complexity index is 512. The molecule has 0 atom stereocenters. The second-order valence-electron chi connectivity index (χ2n) is 3.49. The molecule has 0 spiro atoms. The zero-order valence-electron chi connectivity index (χ0n) is 9.79. The van der Waals surface area contributed by atoms with Crippen molar-refractivity contribution in [2.24, 2.45) is 0 Å². The summed E-state index contributed by atoms with van der Waals surface area (Å²) in [5.74, 6) is 1.17. The molecule has 0 bridgehead atoms. The number of pyridine rings is 1. The number of aryl methyl sites for hydroxylation is 1. The van der Waals surface area contributed by atoms with Crippen LogP contribution in [0.4, 0.5) is 0 Å². The Kier molecular flexibility index (Phi) is 3.85. The van der Waals surface area contributed by atoms with Crippen molar-refractivity contribution < 1.29 is 14.1 Å². The average Bonchev–Trinajstić information content (AvgIpc) is 2.81. The lowest BCUT2D eigenvalue weighted by Crippen LogP contribution is -2.28. The van der Waals surface area contributed by atoms with Gasteiger partial charge in [0.15, 0.2) is 12.4 Å². The van der Waals surface area contributed by atoms with Crippen LogP contribution in [0.25, 0.3) is 0 Å². The zero-order valence-corrected chi connectivity index (χ0v) is 9.79. The van der Waals surface area contributed by atoms with Gasteiger partial charge in [0.2, 0.25) is 5.89 Å². The summed E-state index contributed by atoms with van der Waals surface area (Å²) in [6.45, 7) is 1.81. The van der Waals surface area contributed by atoms with Crippen LogP contribution in [0.5, 0.6) is 5.75 Å². The summed E-state index contributed by atoms with van der Waals surface area (Å²) in [5.41, 5.74) is 0. The minimum Gasteiger partial charge on any atom is -0.482 e. The third-order valence-corrected chi connectivity index (χ3v) is 2.01. The normalized spacial score (nSPS) is 10.1. The number of amides is 1. The first-order chi connectivity index (χ1) is 8.74. The Balaban J connectivity index is 1.73. The topological polar surface area (TPSA) is 90.1 Å². The molecule has 0 unspecified atom stereocenters. The number of carbonyl (C=O) groups excluding carboxylic acids is 1. The molecule has 7 heteroatoms. The predicted molar refractivity (Wildman–Crippen MR) is 60.6 cm³/mol. The third kappa shape index (κ3) is 3.55. The van der Waals surface area contributed by atoms with Crippen molar-refractivity contribution in [3.8, 4) is 5.75 Å². The molecular weight excluding hydrogens is 236 g/mol. The number of nitrogens with one attached hydrogen (secondary N) is 1. The standard InChI is InChI=1S/C11H12N4O3/c1-8-14-11(18-15-8)6-13-10(16)7-17-9-3-2-4-12-5-9/h2-5H,6-7H2,1H3,(H,13,16). The van der Waals surface area contributed by atoms with Gasteiger partial charge in [-0.3, -0.25) is 9.78 Å². The zero-order chi connectivity index (χ0) is 12.8. The highest BCUT2D eigenvalue weighted by Gasteiger charge is 2.06. The van der Waals surface area contributed by atoms with Gasteiger partial charge in [0, 0.05) is 6.20 Å². The van der Waals surface area contributed by atoms with Crippen molar-refractivity contribution in [1.82, 2.24) is 20.4 Å². The monoisotopic (exact) mass is 248 g/mol. The highest BCUT2D eigenvalue weighted by Crippen LogP contribution is 2.05. The maximum atomic E-state index is 11.5. The summed E-state index contributed by atoms with van der Waals surface area (Å²) >= 11 is 0. The van der Waals surface area contributed by atoms with E-state index in [9.17, 15) is 4.79 Å². The van der Waals surface area contributed by atoms with Crippen molar-refractivity contribution in [3.05, 3.63) is 36.2 Å². The lowest BCUT2D eigenvalue weighted by atomic mass is 10.4. The van der Waals surface area contributed by atoms with Gasteiger partial charge >= 0.3 is 0 Å². The molecule has 0 radical (unpaired) electrons. The van der Waals surface area contributed by atoms with Crippen LogP contribution in [0, 0.1) is 6.92 Å². The van der Waals surface area contributed by atoms with Gasteiger partial charge in [-0.25, -0.2) is 0 Å². The molecule has 2 heterocycles. The van der Waals surface area contributed by atoms with Crippen molar-refractivity contribution in [1.29, 1.82) is 0 Å². The lowest BCUT2D eigenvalue weighted by Gasteiger charge is -2.05. The fourth-order valence-corrected chi connectivity index (χ4v) is 1.22. The van der Waals surface area contributed by atoms with Crippen molar-refractivity contribution in [2.45, 2.75) is 13.5 Å². The summed E-state index contributed by atoms with van der Waals surface area (Å²) in [6, 6.07) is 3.45. The van der Waals surface area contributed by atoms with Gasteiger partial charge in [-0.15, -0.1) is 0 Å². The fraction of sp³-hybridized carbons (Fsp3) is 0.273. The van der Waals surface area contributed by atoms with Gasteiger partial charge in [-0.1, -0.05) is 5.16 Å². The predicted octanol–water partition coefficient (Wildman–Crippen LogP) is 0.468. The molecule has 0 saturated carbocycles. The van der Waals surface area contributed by atoms with E-state index in [1.807, 2.05) is 0 Å². The SMILES string of the molecule is Cc1noc(CNC(=O)COc2cccnc2)n1. The van der Waals surface area contributed by atoms with Crippen molar-refractivity contribution in [2.75, 3.05) is 6.61 Å². The number of hydrogen-bond donors (Lipinski definition) is 1. The van der Waals surface area contributed by atoms with Crippen LogP contribution in [0.15, 0.2) is 29.0 Å². The van der Waals surface area contributed by atoms with Gasteiger partial charge in [-0.2, -0.15) is 4.98 Å². The highest BCUT2D eigenvalue weighted by molar-refractivity contribution is 5.77. The summed E-state index contributed by atoms with van der Waals surface area (Å²) in [6.07, 6.45) is 3.17. The van der Waals surface area contributed by atoms with Crippen LogP contribution in [0.3, 0.4) is 0 Å². The Labute approximate surface area is 103 Å². The molecule has 0 aromatic carbocycles. The lowest BCUT2D eigenvalue weighted by molar-refractivity contribution is -0.123. The molecule has 0 saturated heterocycles. The third-order valence-electron chi connectivity index (χ3n) is 2.01. The molecule has 94 valence electrons. The van der Waals surface area contributed by atoms with E-state index in [1.165, 1.54) is 6.20 Å². The van der Waals surface area contributed by atoms with E-state index in [4.69, 9.17) is 9.26 Å². The Morgan fingerprint density at radius 2 is 2.44 bits per heavy atom. The second kappa shape index (κ2) is 5.76. The van der Waals surface area contributed by atoms with E-state index < -0.39 is 0 Å². The first-order valence-corrected chi connectivity index (χ1v) is 5.33. The van der Waals surface area contributed by atoms with Crippen LogP contribution in [0.1, 0.15) is 11.7 Å². The summed E-state index contributed by atoms with van der Waals surface area (Å²) in [5, 5.41) is 6.21. The summed E-state index contributed by atoms with van der Waals surface area (Å²) < 4.78 is 10.1. The number of nitrogens with zero attached hydrogens (tertiary/aromatic N) is 3. The Morgan fingerprint density at radius 1 is 1.56 bits per heavy atom. The van der Waals surface area contributed by atoms with Crippen LogP contribution in [0.2, 0.25) is 0 Å². The molecule has 7 nitrogen and oxygen atoms in total. The quantitative estimate of drug-likeness (QED) is 0.827. The molecule has 0 fully saturated rings. The fourth-order valence-electron chi connectivity index (χ4n) is 1.22. The minimum absolute atomic E-state index is 0.0845. The van der Waals surface area contributed by atoms with Gasteiger partial charge in [0.05, 0.1) is 12.7 Å². The van der Waals surface area contributed by atoms with E-state index in [-0.39, 0.29) is 19.1 Å². The van der Waals surface area contributed by atoms with Gasteiger partial charge in [0.25, 0.3) is 5.91 Å². The van der Waals surface area contributed by atoms with E-state index in [2.05, 4.69) is 20.4 Å². The van der Waals surface area contributed by atoms with Crippen molar-refractivity contribution in [3.63, 3.8) is 0 Å². The summed E-state index contributed by atoms with van der Waals surface area (Å²) in [4.78, 5) is 19.3. The van der Waals surface area contributed by atoms with E-state index in [0.29, 0.717) is 17.5 Å². The summed E-state index contributed by atoms with van der Waals surface area (Å²) in [7, 11) is 0. The Morgan fingerprint density at radius 3 is 3.11 bits per heavy atom. The number of hydrogen-bond acceptors (Lipinski definition) is 6. The second-order valence-corrected chi connectivity index (χ2v) is 3.49. The van der Waals surface area contributed by atoms with Crippen LogP contribution >= 0.6 is 0 Å². The molecule has 1 N–H and O–H groups in total. The molecule has 1 amide bonds. The molecule has 2 aromatic rings. The number of ether oxygens (including phenoxy) is 1. The Hall–Kier alpha value is -2.44. The number of aromatic nitrogens is 3. The van der Waals surface area contributed by atoms with Gasteiger partial charge in [-0.05, 0) is 19.1 Å². The van der Waals surface area contributed by atoms with Crippen molar-refractivity contribution >= 4 is 5.91 Å². The molecular formula is C11H12N4O3. The minimum atomic E-state index is -0.269. The van der Waals surface area contributed by atoms with E-state index in [0.717, 1.165) is 0 Å². The first-order valence-electron chi connectivity index (χ1n) is 5.33. The first kappa shape index (κ1) is 12.0. The maximum Gasteiger partial charge on any atom is 0.258 e. The molecule has 0 aliphatic carbocycles. The maximum absolute atomic E-state index is 11.5. The van der Waals surface area contributed by atoms with Crippen LogP contribution in [-0.2, 0) is 11.3 Å². The largest absolute Gasteiger partial charge is 0.482 e. The van der Waals surface area contributed by atoms with Gasteiger partial charge in [0.1, 0.15) is 5.75 Å². The molecule has 0 aliphatic heterocycles. The van der Waals surface area contributed by atoms with E-state index in [1.54, 1.807) is 25.3 Å². The van der Waals surface area contributed by atoms with E-state index >= 15 is 0 Å². The number of carbonyl (C=O) groups is 1. The average molecular weight is 248 g/mol. The molecule has 2 aromatic heterocycles. The van der Waals surface area contributed by atoms with Crippen LogP contribution < -0.4 is 10.1 Å².